The van der Waals surface area contributed by atoms with E-state index in [-0.39, 0.29) is 46.7 Å². The molecule has 10 atom stereocenters. The number of Topliss-reactive ketones (excluding diaryl/α,β-unsaturated/α-hetero) is 1. The molecule has 2 fully saturated rings. The molecule has 7 rings (SSSR count). The zero-order valence-corrected chi connectivity index (χ0v) is 29.9. The Bertz CT molecular complexity index is 2080. The van der Waals surface area contributed by atoms with Crippen molar-refractivity contribution in [2.75, 3.05) is 19.5 Å². The summed E-state index contributed by atoms with van der Waals surface area (Å²) in [4.78, 5) is 54.6. The van der Waals surface area contributed by atoms with E-state index in [1.807, 2.05) is 0 Å². The highest BCUT2D eigenvalue weighted by atomic mass is 16.7. The molecule has 19 nitrogen and oxygen atoms in total. The van der Waals surface area contributed by atoms with E-state index in [0.717, 1.165) is 4.57 Å². The number of aromatic nitrogens is 2. The molecule has 0 unspecified atom stereocenters. The number of nitrogen functional groups attached to an aromatic ring is 1. The summed E-state index contributed by atoms with van der Waals surface area (Å²) < 4.78 is 23.3. The first kappa shape index (κ1) is 39.9. The Hall–Kier alpha value is -4.83. The third kappa shape index (κ3) is 6.87. The topological polar surface area (TPSA) is 317 Å². The van der Waals surface area contributed by atoms with Gasteiger partial charge in [0.1, 0.15) is 47.0 Å². The number of carbonyl (C=O) groups excluding carboxylic acids is 3. The number of anilines is 1. The Kier molecular flexibility index (Phi) is 10.9. The monoisotopic (exact) mass is 770 g/mol. The van der Waals surface area contributed by atoms with Crippen molar-refractivity contribution in [1.82, 2.24) is 9.55 Å². The van der Waals surface area contributed by atoms with E-state index in [2.05, 4.69) is 4.98 Å². The van der Waals surface area contributed by atoms with E-state index in [0.29, 0.717) is 0 Å². The van der Waals surface area contributed by atoms with Gasteiger partial charge in [0.05, 0.1) is 48.7 Å². The van der Waals surface area contributed by atoms with Gasteiger partial charge in [-0.3, -0.25) is 19.0 Å². The number of carbonyl (C=O) groups is 3. The van der Waals surface area contributed by atoms with Gasteiger partial charge in [0.25, 0.3) is 0 Å². The van der Waals surface area contributed by atoms with E-state index in [4.69, 9.17) is 35.5 Å². The lowest BCUT2D eigenvalue weighted by molar-refractivity contribution is -0.247. The number of ether oxygens (including phenoxy) is 4. The van der Waals surface area contributed by atoms with Crippen molar-refractivity contribution in [2.45, 2.75) is 93.9 Å². The second kappa shape index (κ2) is 15.0. The molecule has 2 aromatic carbocycles. The molecule has 3 aromatic rings. The van der Waals surface area contributed by atoms with Crippen molar-refractivity contribution in [2.24, 2.45) is 5.73 Å². The molecular weight excluding hydrogens is 728 g/mol. The number of rotatable bonds is 6. The fraction of sp³-hybridized carbons (Fsp3) is 0.472. The summed E-state index contributed by atoms with van der Waals surface area (Å²) in [5.41, 5.74) is 7.60. The van der Waals surface area contributed by atoms with Gasteiger partial charge in [-0.25, -0.2) is 4.79 Å². The fourth-order valence-corrected chi connectivity index (χ4v) is 7.39. The first-order valence-electron chi connectivity index (χ1n) is 17.3. The Morgan fingerprint density at radius 2 is 1.71 bits per heavy atom. The van der Waals surface area contributed by atoms with Crippen LogP contribution < -0.4 is 21.9 Å². The maximum absolute atomic E-state index is 13.6. The number of aromatic hydroxyl groups is 2. The summed E-state index contributed by atoms with van der Waals surface area (Å²) in [5, 5.41) is 72.3. The smallest absolute Gasteiger partial charge is 0.351 e. The minimum Gasteiger partial charge on any atom is -0.507 e. The molecule has 0 bridgehead atoms. The number of ketones is 3. The van der Waals surface area contributed by atoms with E-state index in [1.165, 1.54) is 44.5 Å². The number of phenols is 2. The van der Waals surface area contributed by atoms with E-state index < -0.39 is 119 Å². The van der Waals surface area contributed by atoms with Crippen LogP contribution in [0.2, 0.25) is 0 Å². The summed E-state index contributed by atoms with van der Waals surface area (Å²) in [7, 11) is 1.34. The molecule has 3 heterocycles. The van der Waals surface area contributed by atoms with E-state index in [1.54, 1.807) is 6.92 Å². The molecule has 0 saturated carbocycles. The fourth-order valence-electron chi connectivity index (χ4n) is 7.39. The quantitative estimate of drug-likeness (QED) is 0.100. The van der Waals surface area contributed by atoms with Gasteiger partial charge in [-0.1, -0.05) is 12.1 Å². The molecule has 2 aliphatic heterocycles. The van der Waals surface area contributed by atoms with Gasteiger partial charge in [0, 0.05) is 48.2 Å². The Labute approximate surface area is 312 Å². The molecule has 0 amide bonds. The van der Waals surface area contributed by atoms with Crippen molar-refractivity contribution < 1.29 is 69.1 Å². The Morgan fingerprint density at radius 1 is 1.02 bits per heavy atom. The summed E-state index contributed by atoms with van der Waals surface area (Å²) in [5.74, 6) is -3.12. The van der Waals surface area contributed by atoms with Gasteiger partial charge in [-0.05, 0) is 26.0 Å². The number of aliphatic hydroxyl groups is 5. The molecule has 0 radical (unpaired) electrons. The number of aliphatic hydroxyl groups excluding tert-OH is 4. The molecule has 19 heteroatoms. The maximum Gasteiger partial charge on any atom is 0.351 e. The standard InChI is InChI=1S/C27H29NO10.C9H13N3O5/c1-10-22(30)14(28)7-17(37-10)38-16-9-27(35,11(2)29)8-13-19(16)26(34)21-20(24(13)32)23(31)12-5-4-6-15(36-3)18(12)25(21)33;10-5-1-2-12(9(16)11-5)8-7(15)6(14)4(3-13)17-8/h4-6,10,14,16-17,22,30,32,34-35H,7-9,28H2,1-3H3;1-2,4,6-8,13-15H,3H2,(H2,10,11,16)/t10-,14-,16-,17-,22+,27-;4-,6-,7+,8-/m01/s1. The van der Waals surface area contributed by atoms with Crippen LogP contribution in [-0.2, 0) is 25.4 Å². The second-order valence-electron chi connectivity index (χ2n) is 13.9. The lowest BCUT2D eigenvalue weighted by Crippen LogP contribution is -2.52. The molecule has 11 N–H and O–H groups in total. The molecule has 2 aliphatic carbocycles. The lowest BCUT2D eigenvalue weighted by atomic mass is 9.72. The van der Waals surface area contributed by atoms with Crippen LogP contribution in [0, 0.1) is 0 Å². The van der Waals surface area contributed by atoms with E-state index in [9.17, 15) is 49.8 Å². The molecule has 4 aliphatic rings. The number of phenolic OH excluding ortho intramolecular Hbond substituents is 2. The van der Waals surface area contributed by atoms with Crippen molar-refractivity contribution in [3.8, 4) is 17.2 Å². The van der Waals surface area contributed by atoms with Crippen LogP contribution in [0.5, 0.6) is 17.2 Å². The zero-order chi connectivity index (χ0) is 40.3. The molecular formula is C36H42N4O15. The van der Waals surface area contributed by atoms with Crippen LogP contribution in [-0.4, -0.2) is 125 Å². The SMILES string of the molecule is COc1cccc2c1C(=O)c1c(O)c3c(c(O)c1C2=O)C[C@@](O)(C(C)=O)C[C@@H]3O[C@H]1C[C@H](N)[C@H](O)[C@H](C)O1.Nc1ccn([C@@H]2O[C@H](CO)[C@@H](O)[C@@H]2O)c(=O)n1. The predicted molar refractivity (Wildman–Crippen MR) is 186 cm³/mol. The van der Waals surface area contributed by atoms with Gasteiger partial charge in [0.2, 0.25) is 5.78 Å². The van der Waals surface area contributed by atoms with Crippen LogP contribution in [0.1, 0.15) is 82.0 Å². The van der Waals surface area contributed by atoms with Gasteiger partial charge < -0.3 is 66.2 Å². The van der Waals surface area contributed by atoms with Gasteiger partial charge in [0.15, 0.2) is 24.1 Å². The molecule has 55 heavy (non-hydrogen) atoms. The van der Waals surface area contributed by atoms with Crippen molar-refractivity contribution >= 4 is 23.2 Å². The zero-order valence-electron chi connectivity index (χ0n) is 29.9. The van der Waals surface area contributed by atoms with Crippen LogP contribution in [0.15, 0.2) is 35.3 Å². The molecule has 1 aromatic heterocycles. The van der Waals surface area contributed by atoms with Crippen LogP contribution in [0.4, 0.5) is 5.82 Å². The number of methoxy groups -OCH3 is 1. The molecule has 2 saturated heterocycles. The number of hydrogen-bond acceptors (Lipinski definition) is 18. The maximum atomic E-state index is 13.6. The van der Waals surface area contributed by atoms with Crippen molar-refractivity contribution in [1.29, 1.82) is 0 Å². The number of fused-ring (bicyclic) bond motifs is 3. The highest BCUT2D eigenvalue weighted by molar-refractivity contribution is 6.31. The minimum atomic E-state index is -2.00. The predicted octanol–water partition coefficient (Wildman–Crippen LogP) is -1.53. The van der Waals surface area contributed by atoms with Gasteiger partial charge >= 0.3 is 5.69 Å². The molecule has 0 spiro atoms. The van der Waals surface area contributed by atoms with E-state index >= 15 is 0 Å². The Balaban J connectivity index is 0.000000252. The largest absolute Gasteiger partial charge is 0.507 e. The van der Waals surface area contributed by atoms with Crippen LogP contribution >= 0.6 is 0 Å². The van der Waals surface area contributed by atoms with Crippen molar-refractivity contribution in [3.63, 3.8) is 0 Å². The summed E-state index contributed by atoms with van der Waals surface area (Å²) >= 11 is 0. The van der Waals surface area contributed by atoms with Gasteiger partial charge in [-0.2, -0.15) is 4.98 Å². The second-order valence-corrected chi connectivity index (χ2v) is 13.9. The number of benzene rings is 2. The van der Waals surface area contributed by atoms with Crippen molar-refractivity contribution in [3.05, 3.63) is 74.3 Å². The summed E-state index contributed by atoms with van der Waals surface area (Å²) in [6, 6.07) is 5.12. The van der Waals surface area contributed by atoms with Gasteiger partial charge in [-0.15, -0.1) is 0 Å². The first-order chi connectivity index (χ1) is 25.9. The summed E-state index contributed by atoms with van der Waals surface area (Å²) in [6.45, 7) is 2.33. The minimum absolute atomic E-state index is 0.0147. The summed E-state index contributed by atoms with van der Waals surface area (Å²) in [6.07, 6.45) is -7.80. The highest BCUT2D eigenvalue weighted by Gasteiger charge is 2.49. The Morgan fingerprint density at radius 3 is 2.31 bits per heavy atom. The van der Waals surface area contributed by atoms with Crippen LogP contribution in [0.25, 0.3) is 0 Å². The lowest BCUT2D eigenvalue weighted by Gasteiger charge is -2.42. The highest BCUT2D eigenvalue weighted by Crippen LogP contribution is 2.52. The molecule has 296 valence electrons. The number of nitrogens with zero attached hydrogens (tertiary/aromatic N) is 2. The normalized spacial score (nSPS) is 31.1. The average Bonchev–Trinajstić information content (AvgIpc) is 3.42. The van der Waals surface area contributed by atoms with Crippen LogP contribution in [0.3, 0.4) is 0 Å². The third-order valence-electron chi connectivity index (χ3n) is 10.4. The number of hydrogen-bond donors (Lipinski definition) is 9. The first-order valence-corrected chi connectivity index (χ1v) is 17.3. The number of nitrogens with two attached hydrogens (primary N) is 2. The third-order valence-corrected chi connectivity index (χ3v) is 10.4. The average molecular weight is 771 g/mol.